The van der Waals surface area contributed by atoms with Crippen molar-refractivity contribution in [1.29, 1.82) is 0 Å². The molecular weight excluding hydrogens is 308 g/mol. The lowest BCUT2D eigenvalue weighted by atomic mass is 9.63. The lowest BCUT2D eigenvalue weighted by Gasteiger charge is -2.42. The Morgan fingerprint density at radius 1 is 1.04 bits per heavy atom. The molecule has 2 nitrogen and oxygen atoms in total. The first kappa shape index (κ1) is 17.5. The predicted octanol–water partition coefficient (Wildman–Crippen LogP) is 5.66. The molecule has 0 bridgehead atoms. The van der Waals surface area contributed by atoms with Crippen LogP contribution in [0.3, 0.4) is 0 Å². The molecule has 2 aromatic carbocycles. The minimum Gasteiger partial charge on any atom is -0.423 e. The number of carbonyl (C=O) groups is 1. The van der Waals surface area contributed by atoms with Crippen LogP contribution in [0.4, 0.5) is 0 Å². The second-order valence-electron chi connectivity index (χ2n) is 8.13. The maximum Gasteiger partial charge on any atom is 0.343 e. The topological polar surface area (TPSA) is 26.3 Å². The molecular formula is C23H25O2. The summed E-state index contributed by atoms with van der Waals surface area (Å²) < 4.78 is 5.48. The minimum absolute atomic E-state index is 0.111. The number of hydrogen-bond acceptors (Lipinski definition) is 2. The largest absolute Gasteiger partial charge is 0.423 e. The van der Waals surface area contributed by atoms with Gasteiger partial charge in [-0.25, -0.2) is 4.79 Å². The number of benzene rings is 2. The third kappa shape index (κ3) is 3.39. The first-order valence-electron chi connectivity index (χ1n) is 8.73. The van der Waals surface area contributed by atoms with E-state index in [2.05, 4.69) is 52.5 Å². The van der Waals surface area contributed by atoms with Crippen molar-refractivity contribution in [2.24, 2.45) is 0 Å². The summed E-state index contributed by atoms with van der Waals surface area (Å²) >= 11 is 0. The van der Waals surface area contributed by atoms with Crippen LogP contribution in [0, 0.1) is 6.07 Å². The van der Waals surface area contributed by atoms with E-state index in [4.69, 9.17) is 4.74 Å². The molecule has 0 unspecified atom stereocenters. The predicted molar refractivity (Wildman–Crippen MR) is 101 cm³/mol. The molecule has 2 heteroatoms. The first-order chi connectivity index (χ1) is 11.7. The zero-order valence-corrected chi connectivity index (χ0v) is 15.5. The van der Waals surface area contributed by atoms with E-state index in [0.717, 1.165) is 12.0 Å². The van der Waals surface area contributed by atoms with Gasteiger partial charge in [0.05, 0.1) is 5.56 Å². The number of carbonyl (C=O) groups excluding carboxylic acids is 1. The van der Waals surface area contributed by atoms with E-state index in [9.17, 15) is 4.79 Å². The van der Waals surface area contributed by atoms with Gasteiger partial charge in [0.15, 0.2) is 0 Å². The van der Waals surface area contributed by atoms with Crippen LogP contribution in [-0.2, 0) is 15.6 Å². The summed E-state index contributed by atoms with van der Waals surface area (Å²) in [7, 11) is 0. The van der Waals surface area contributed by atoms with Gasteiger partial charge in [-0.3, -0.25) is 0 Å². The highest BCUT2D eigenvalue weighted by Gasteiger charge is 2.37. The van der Waals surface area contributed by atoms with Gasteiger partial charge in [0.2, 0.25) is 0 Å². The molecule has 0 spiro atoms. The molecule has 129 valence electrons. The number of rotatable bonds is 3. The molecule has 2 aromatic rings. The SMILES string of the molecule is C=C(OC(=O)c1c[c]ccc1)c1ccc2c(c1)C(C)(C)CCC2(C)C. The minimum atomic E-state index is -0.404. The molecule has 0 N–H and O–H groups in total. The molecule has 0 saturated heterocycles. The van der Waals surface area contributed by atoms with Crippen molar-refractivity contribution in [1.82, 2.24) is 0 Å². The van der Waals surface area contributed by atoms with Gasteiger partial charge in [-0.1, -0.05) is 58.5 Å². The molecule has 0 aliphatic heterocycles. The number of esters is 1. The highest BCUT2D eigenvalue weighted by atomic mass is 16.5. The maximum absolute atomic E-state index is 12.2. The summed E-state index contributed by atoms with van der Waals surface area (Å²) in [6.07, 6.45) is 2.31. The van der Waals surface area contributed by atoms with Crippen molar-refractivity contribution < 1.29 is 9.53 Å². The Hall–Kier alpha value is -2.35. The summed E-state index contributed by atoms with van der Waals surface area (Å²) in [5.74, 6) is -0.0185. The third-order valence-corrected chi connectivity index (χ3v) is 5.33. The molecule has 0 amide bonds. The summed E-state index contributed by atoms with van der Waals surface area (Å²) in [4.78, 5) is 12.2. The zero-order chi connectivity index (χ0) is 18.2. The summed E-state index contributed by atoms with van der Waals surface area (Å²) in [5, 5.41) is 0. The van der Waals surface area contributed by atoms with Crippen LogP contribution in [-0.4, -0.2) is 5.97 Å². The number of ether oxygens (including phenoxy) is 1. The smallest absolute Gasteiger partial charge is 0.343 e. The Morgan fingerprint density at radius 2 is 1.72 bits per heavy atom. The van der Waals surface area contributed by atoms with Crippen LogP contribution < -0.4 is 0 Å². The molecule has 0 heterocycles. The first-order valence-corrected chi connectivity index (χ1v) is 8.73. The maximum atomic E-state index is 12.2. The van der Waals surface area contributed by atoms with Crippen molar-refractivity contribution in [3.05, 3.63) is 77.4 Å². The number of hydrogen-bond donors (Lipinski definition) is 0. The fourth-order valence-corrected chi connectivity index (χ4v) is 3.51. The van der Waals surface area contributed by atoms with Gasteiger partial charge in [0, 0.05) is 5.56 Å². The Balaban J connectivity index is 1.89. The lowest BCUT2D eigenvalue weighted by Crippen LogP contribution is -2.33. The molecule has 3 rings (SSSR count). The molecule has 1 aliphatic rings. The Labute approximate surface area is 150 Å². The Kier molecular flexibility index (Phi) is 4.32. The average molecular weight is 333 g/mol. The normalized spacial score (nSPS) is 17.4. The third-order valence-electron chi connectivity index (χ3n) is 5.33. The van der Waals surface area contributed by atoms with Gasteiger partial charge < -0.3 is 4.74 Å². The van der Waals surface area contributed by atoms with Crippen molar-refractivity contribution >= 4 is 11.7 Å². The molecule has 1 radical (unpaired) electrons. The van der Waals surface area contributed by atoms with Gasteiger partial charge in [-0.15, -0.1) is 0 Å². The van der Waals surface area contributed by atoms with Crippen LogP contribution in [0.5, 0.6) is 0 Å². The molecule has 25 heavy (non-hydrogen) atoms. The monoisotopic (exact) mass is 333 g/mol. The van der Waals surface area contributed by atoms with Gasteiger partial charge >= 0.3 is 5.97 Å². The van der Waals surface area contributed by atoms with Crippen LogP contribution in [0.1, 0.15) is 67.6 Å². The van der Waals surface area contributed by atoms with Gasteiger partial charge in [-0.05, 0) is 59.1 Å². The fraction of sp³-hybridized carbons (Fsp3) is 0.348. The van der Waals surface area contributed by atoms with E-state index in [0.29, 0.717) is 11.3 Å². The van der Waals surface area contributed by atoms with E-state index in [1.54, 1.807) is 24.3 Å². The fourth-order valence-electron chi connectivity index (χ4n) is 3.51. The van der Waals surface area contributed by atoms with E-state index in [-0.39, 0.29) is 10.8 Å². The van der Waals surface area contributed by atoms with Crippen molar-refractivity contribution in [2.75, 3.05) is 0 Å². The summed E-state index contributed by atoms with van der Waals surface area (Å²) in [6, 6.07) is 16.1. The lowest BCUT2D eigenvalue weighted by molar-refractivity contribution is 0.0693. The molecule has 1 aliphatic carbocycles. The Bertz CT molecular complexity index is 813. The summed E-state index contributed by atoms with van der Waals surface area (Å²) in [5.41, 5.74) is 4.32. The van der Waals surface area contributed by atoms with E-state index < -0.39 is 5.97 Å². The van der Waals surface area contributed by atoms with E-state index in [1.807, 2.05) is 6.07 Å². The molecule has 0 saturated carbocycles. The van der Waals surface area contributed by atoms with Crippen LogP contribution in [0.2, 0.25) is 0 Å². The molecule has 0 aromatic heterocycles. The molecule has 0 atom stereocenters. The summed E-state index contributed by atoms with van der Waals surface area (Å²) in [6.45, 7) is 13.1. The van der Waals surface area contributed by atoms with Crippen molar-refractivity contribution in [2.45, 2.75) is 51.4 Å². The van der Waals surface area contributed by atoms with E-state index >= 15 is 0 Å². The van der Waals surface area contributed by atoms with Gasteiger partial charge in [0.1, 0.15) is 5.76 Å². The van der Waals surface area contributed by atoms with E-state index in [1.165, 1.54) is 17.5 Å². The highest BCUT2D eigenvalue weighted by Crippen LogP contribution is 2.46. The van der Waals surface area contributed by atoms with Gasteiger partial charge in [0.25, 0.3) is 0 Å². The zero-order valence-electron chi connectivity index (χ0n) is 15.5. The molecule has 0 fully saturated rings. The van der Waals surface area contributed by atoms with Crippen molar-refractivity contribution in [3.8, 4) is 0 Å². The van der Waals surface area contributed by atoms with Gasteiger partial charge in [-0.2, -0.15) is 0 Å². The van der Waals surface area contributed by atoms with Crippen molar-refractivity contribution in [3.63, 3.8) is 0 Å². The van der Waals surface area contributed by atoms with Crippen LogP contribution in [0.15, 0.2) is 49.0 Å². The number of fused-ring (bicyclic) bond motifs is 1. The van der Waals surface area contributed by atoms with Crippen LogP contribution >= 0.6 is 0 Å². The van der Waals surface area contributed by atoms with Crippen LogP contribution in [0.25, 0.3) is 5.76 Å². The highest BCUT2D eigenvalue weighted by molar-refractivity contribution is 5.92. The second kappa shape index (κ2) is 6.18. The standard InChI is InChI=1S/C23H25O2/c1-16(25-21(24)17-9-7-6-8-10-17)18-11-12-19-20(15-18)23(4,5)14-13-22(19,2)3/h6-7,9-12,15H,1,13-14H2,2-5H3. The Morgan fingerprint density at radius 3 is 2.36 bits per heavy atom. The second-order valence-corrected chi connectivity index (χ2v) is 8.13. The quantitative estimate of drug-likeness (QED) is 0.535. The average Bonchev–Trinajstić information content (AvgIpc) is 2.59.